The highest BCUT2D eigenvalue weighted by Gasteiger charge is 2.25. The molecule has 2 nitrogen and oxygen atoms in total. The molecule has 0 heterocycles. The van der Waals surface area contributed by atoms with E-state index in [1.54, 1.807) is 0 Å². The van der Waals surface area contributed by atoms with Gasteiger partial charge in [-0.3, -0.25) is 0 Å². The minimum atomic E-state index is 0.149. The number of hydrogen-bond acceptors (Lipinski definition) is 2. The molecule has 1 aromatic carbocycles. The highest BCUT2D eigenvalue weighted by molar-refractivity contribution is 6.31. The van der Waals surface area contributed by atoms with Crippen molar-refractivity contribution in [1.29, 1.82) is 0 Å². The third-order valence-electron chi connectivity index (χ3n) is 3.21. The zero-order valence-electron chi connectivity index (χ0n) is 11.4. The second-order valence-corrected chi connectivity index (χ2v) is 6.43. The zero-order chi connectivity index (χ0) is 13.2. The van der Waals surface area contributed by atoms with Crippen molar-refractivity contribution in [2.24, 2.45) is 5.41 Å². The molecule has 1 fully saturated rings. The highest BCUT2D eigenvalue weighted by atomic mass is 35.5. The van der Waals surface area contributed by atoms with E-state index in [9.17, 15) is 0 Å². The Bertz CT molecular complexity index is 413. The van der Waals surface area contributed by atoms with Gasteiger partial charge >= 0.3 is 0 Å². The van der Waals surface area contributed by atoms with Crippen LogP contribution in [0, 0.1) is 12.3 Å². The minimum Gasteiger partial charge on any atom is -0.493 e. The Morgan fingerprint density at radius 1 is 1.39 bits per heavy atom. The van der Waals surface area contributed by atoms with E-state index in [1.165, 1.54) is 12.8 Å². The van der Waals surface area contributed by atoms with Gasteiger partial charge in [-0.05, 0) is 43.5 Å². The van der Waals surface area contributed by atoms with Crippen LogP contribution in [0.5, 0.6) is 5.75 Å². The fourth-order valence-electron chi connectivity index (χ4n) is 1.74. The third-order valence-corrected chi connectivity index (χ3v) is 3.63. The third kappa shape index (κ3) is 4.18. The molecule has 0 radical (unpaired) electrons. The Balaban J connectivity index is 1.82. The van der Waals surface area contributed by atoms with Crippen molar-refractivity contribution < 1.29 is 4.74 Å². The van der Waals surface area contributed by atoms with Crippen LogP contribution in [0.15, 0.2) is 18.2 Å². The van der Waals surface area contributed by atoms with E-state index in [1.807, 2.05) is 25.1 Å². The van der Waals surface area contributed by atoms with Crippen LogP contribution in [0.25, 0.3) is 0 Å². The van der Waals surface area contributed by atoms with Gasteiger partial charge in [0, 0.05) is 23.0 Å². The Morgan fingerprint density at radius 3 is 2.72 bits per heavy atom. The Morgan fingerprint density at radius 2 is 2.11 bits per heavy atom. The Hall–Kier alpha value is -0.730. The van der Waals surface area contributed by atoms with Crippen molar-refractivity contribution in [2.45, 2.75) is 39.7 Å². The maximum atomic E-state index is 6.00. The average molecular weight is 268 g/mol. The van der Waals surface area contributed by atoms with Gasteiger partial charge in [-0.25, -0.2) is 0 Å². The van der Waals surface area contributed by atoms with E-state index >= 15 is 0 Å². The van der Waals surface area contributed by atoms with Crippen LogP contribution in [0.3, 0.4) is 0 Å². The average Bonchev–Trinajstić information content (AvgIpc) is 3.12. The number of aryl methyl sites for hydroxylation is 1. The van der Waals surface area contributed by atoms with Crippen LogP contribution >= 0.6 is 11.6 Å². The molecule has 3 heteroatoms. The summed E-state index contributed by atoms with van der Waals surface area (Å²) in [6.45, 7) is 8.17. The molecule has 1 saturated carbocycles. The summed E-state index contributed by atoms with van der Waals surface area (Å²) < 4.78 is 5.86. The summed E-state index contributed by atoms with van der Waals surface area (Å²) >= 11 is 6.00. The van der Waals surface area contributed by atoms with E-state index in [0.29, 0.717) is 6.61 Å². The number of benzene rings is 1. The van der Waals surface area contributed by atoms with Gasteiger partial charge in [-0.15, -0.1) is 0 Å². The molecule has 100 valence electrons. The lowest BCUT2D eigenvalue weighted by Gasteiger charge is -2.25. The van der Waals surface area contributed by atoms with E-state index < -0.39 is 0 Å². The summed E-state index contributed by atoms with van der Waals surface area (Å²) in [5.74, 6) is 0.899. The molecule has 1 aromatic rings. The van der Waals surface area contributed by atoms with Gasteiger partial charge < -0.3 is 10.1 Å². The number of rotatable bonds is 6. The number of halogens is 1. The monoisotopic (exact) mass is 267 g/mol. The van der Waals surface area contributed by atoms with Crippen LogP contribution in [0.4, 0.5) is 0 Å². The molecule has 0 saturated heterocycles. The molecule has 0 aliphatic heterocycles. The van der Waals surface area contributed by atoms with Crippen molar-refractivity contribution in [2.75, 3.05) is 13.2 Å². The molecule has 1 N–H and O–H groups in total. The normalized spacial score (nSPS) is 15.8. The molecule has 0 spiro atoms. The van der Waals surface area contributed by atoms with E-state index in [0.717, 1.165) is 28.9 Å². The van der Waals surface area contributed by atoms with Crippen LogP contribution in [-0.2, 0) is 0 Å². The Labute approximate surface area is 115 Å². The minimum absolute atomic E-state index is 0.149. The predicted molar refractivity (Wildman–Crippen MR) is 76.5 cm³/mol. The first-order valence-corrected chi connectivity index (χ1v) is 6.96. The van der Waals surface area contributed by atoms with Gasteiger partial charge in [-0.2, -0.15) is 0 Å². The lowest BCUT2D eigenvalue weighted by Crippen LogP contribution is -2.35. The molecular weight excluding hydrogens is 246 g/mol. The molecule has 0 unspecified atom stereocenters. The van der Waals surface area contributed by atoms with Crippen LogP contribution in [0.1, 0.15) is 32.3 Å². The summed E-state index contributed by atoms with van der Waals surface area (Å²) in [6, 6.07) is 6.57. The van der Waals surface area contributed by atoms with Crippen molar-refractivity contribution >= 4 is 11.6 Å². The first-order valence-electron chi connectivity index (χ1n) is 6.59. The van der Waals surface area contributed by atoms with Crippen molar-refractivity contribution in [3.05, 3.63) is 28.8 Å². The predicted octanol–water partition coefficient (Wildman–Crippen LogP) is 3.81. The molecule has 1 aliphatic rings. The fourth-order valence-corrected chi connectivity index (χ4v) is 1.86. The van der Waals surface area contributed by atoms with Gasteiger partial charge in [-0.1, -0.05) is 25.4 Å². The standard InChI is InChI=1S/C15H22ClNO/c1-11-8-13(6-7-14(11)16)18-10-15(2,3)9-17-12-4-5-12/h6-8,12,17H,4-5,9-10H2,1-3H3. The van der Waals surface area contributed by atoms with Gasteiger partial charge in [0.2, 0.25) is 0 Å². The van der Waals surface area contributed by atoms with Gasteiger partial charge in [0.25, 0.3) is 0 Å². The number of nitrogens with one attached hydrogen (secondary N) is 1. The summed E-state index contributed by atoms with van der Waals surface area (Å²) in [5, 5.41) is 4.34. The maximum absolute atomic E-state index is 6.00. The molecule has 0 aromatic heterocycles. The van der Waals surface area contributed by atoms with Crippen LogP contribution in [0.2, 0.25) is 5.02 Å². The molecule has 0 amide bonds. The number of hydrogen-bond donors (Lipinski definition) is 1. The van der Waals surface area contributed by atoms with E-state index in [2.05, 4.69) is 19.2 Å². The molecule has 0 bridgehead atoms. The fraction of sp³-hybridized carbons (Fsp3) is 0.600. The highest BCUT2D eigenvalue weighted by Crippen LogP contribution is 2.25. The van der Waals surface area contributed by atoms with Crippen molar-refractivity contribution in [3.63, 3.8) is 0 Å². The number of ether oxygens (including phenoxy) is 1. The van der Waals surface area contributed by atoms with Gasteiger partial charge in [0.1, 0.15) is 5.75 Å². The molecule has 18 heavy (non-hydrogen) atoms. The van der Waals surface area contributed by atoms with E-state index in [4.69, 9.17) is 16.3 Å². The summed E-state index contributed by atoms with van der Waals surface area (Å²) in [5.41, 5.74) is 1.21. The quantitative estimate of drug-likeness (QED) is 0.846. The summed E-state index contributed by atoms with van der Waals surface area (Å²) in [6.07, 6.45) is 2.65. The molecule has 0 atom stereocenters. The summed E-state index contributed by atoms with van der Waals surface area (Å²) in [4.78, 5) is 0. The molecular formula is C15H22ClNO. The van der Waals surface area contributed by atoms with Crippen molar-refractivity contribution in [3.8, 4) is 5.75 Å². The lowest BCUT2D eigenvalue weighted by atomic mass is 9.95. The van der Waals surface area contributed by atoms with Gasteiger partial charge in [0.15, 0.2) is 0 Å². The molecule has 2 rings (SSSR count). The first-order chi connectivity index (χ1) is 8.46. The zero-order valence-corrected chi connectivity index (χ0v) is 12.2. The maximum Gasteiger partial charge on any atom is 0.119 e. The molecule has 1 aliphatic carbocycles. The van der Waals surface area contributed by atoms with Crippen LogP contribution < -0.4 is 10.1 Å². The Kier molecular flexibility index (Phi) is 4.18. The second-order valence-electron chi connectivity index (χ2n) is 6.02. The van der Waals surface area contributed by atoms with Crippen molar-refractivity contribution in [1.82, 2.24) is 5.32 Å². The van der Waals surface area contributed by atoms with Gasteiger partial charge in [0.05, 0.1) is 6.61 Å². The lowest BCUT2D eigenvalue weighted by molar-refractivity contribution is 0.176. The second kappa shape index (κ2) is 5.50. The smallest absolute Gasteiger partial charge is 0.119 e. The summed E-state index contributed by atoms with van der Waals surface area (Å²) in [7, 11) is 0. The topological polar surface area (TPSA) is 21.3 Å². The van der Waals surface area contributed by atoms with E-state index in [-0.39, 0.29) is 5.41 Å². The largest absolute Gasteiger partial charge is 0.493 e. The SMILES string of the molecule is Cc1cc(OCC(C)(C)CNC2CC2)ccc1Cl. The van der Waals surface area contributed by atoms with Crippen LogP contribution in [-0.4, -0.2) is 19.2 Å². The first kappa shape index (κ1) is 13.7.